The highest BCUT2D eigenvalue weighted by molar-refractivity contribution is 6.18. The molecule has 0 bridgehead atoms. The molecule has 14 rings (SSSR count). The molecule has 0 spiro atoms. The van der Waals surface area contributed by atoms with Gasteiger partial charge in [0.15, 0.2) is 0 Å². The standard InChI is InChI=1S/C64H48N6O/c1-64(2,3)42-36-37-65-61(38-42)70-56-29-14-9-24-49(56)51-33-32-46(40-60(51)70)71-45-21-17-20-44(39-45)66-41-67(58-31-16-15-30-57(58)66)63-59(69-54-27-12-7-22-47(54)48-23-8-13-28-55(48)69)35-34-52-50-25-10-11-26-53(50)68(62(52)63)43-18-5-4-6-19-43/h4-40H,41H2,1-3H3. The molecule has 5 heterocycles. The first-order valence-corrected chi connectivity index (χ1v) is 24.4. The summed E-state index contributed by atoms with van der Waals surface area (Å²) in [6, 6.07) is 78.5. The Morgan fingerprint density at radius 3 is 1.61 bits per heavy atom. The molecule has 0 amide bonds. The molecule has 0 N–H and O–H groups in total. The van der Waals surface area contributed by atoms with Crippen LogP contribution in [0.3, 0.4) is 0 Å². The third kappa shape index (κ3) is 6.39. The summed E-state index contributed by atoms with van der Waals surface area (Å²) in [5.74, 6) is 2.40. The number of hydrogen-bond donors (Lipinski definition) is 0. The van der Waals surface area contributed by atoms with E-state index in [1.165, 1.54) is 43.5 Å². The van der Waals surface area contributed by atoms with Gasteiger partial charge in [-0.2, -0.15) is 0 Å². The number of anilines is 4. The highest BCUT2D eigenvalue weighted by atomic mass is 16.5. The quantitative estimate of drug-likeness (QED) is 0.160. The van der Waals surface area contributed by atoms with Gasteiger partial charge in [0.2, 0.25) is 0 Å². The largest absolute Gasteiger partial charge is 0.457 e. The average molecular weight is 917 g/mol. The SMILES string of the molecule is CC(C)(C)c1ccnc(-n2c3ccccc3c3ccc(Oc4cccc(N5CN(c6c(-n7c8ccccc8c8ccccc87)ccc7c8ccccc8n(-c8ccccc8)c67)c6ccccc65)c4)cc32)c1. The van der Waals surface area contributed by atoms with Crippen LogP contribution in [0.4, 0.5) is 22.7 Å². The van der Waals surface area contributed by atoms with Crippen LogP contribution in [0, 0.1) is 0 Å². The molecule has 71 heavy (non-hydrogen) atoms. The molecule has 0 radical (unpaired) electrons. The van der Waals surface area contributed by atoms with Crippen molar-refractivity contribution in [2.75, 3.05) is 16.5 Å². The monoisotopic (exact) mass is 916 g/mol. The highest BCUT2D eigenvalue weighted by Crippen LogP contribution is 2.51. The Morgan fingerprint density at radius 2 is 0.930 bits per heavy atom. The van der Waals surface area contributed by atoms with Gasteiger partial charge in [-0.3, -0.25) is 4.57 Å². The van der Waals surface area contributed by atoms with Gasteiger partial charge in [-0.25, -0.2) is 4.98 Å². The van der Waals surface area contributed by atoms with Crippen LogP contribution in [0.5, 0.6) is 11.5 Å². The van der Waals surface area contributed by atoms with E-state index in [-0.39, 0.29) is 5.41 Å². The molecular formula is C64H48N6O. The molecule has 13 aromatic rings. The minimum atomic E-state index is -0.0211. The molecule has 1 aliphatic rings. The fourth-order valence-corrected chi connectivity index (χ4v) is 11.2. The maximum absolute atomic E-state index is 6.88. The first-order valence-electron chi connectivity index (χ1n) is 24.4. The molecular weight excluding hydrogens is 869 g/mol. The van der Waals surface area contributed by atoms with Crippen molar-refractivity contribution in [3.05, 3.63) is 230 Å². The van der Waals surface area contributed by atoms with Crippen LogP contribution in [0.25, 0.3) is 82.6 Å². The zero-order chi connectivity index (χ0) is 47.4. The van der Waals surface area contributed by atoms with E-state index in [0.29, 0.717) is 6.67 Å². The van der Waals surface area contributed by atoms with E-state index in [4.69, 9.17) is 9.72 Å². The Hall–Kier alpha value is -9.07. The van der Waals surface area contributed by atoms with Crippen LogP contribution in [-0.2, 0) is 5.41 Å². The van der Waals surface area contributed by atoms with Gasteiger partial charge in [0.1, 0.15) is 24.0 Å². The molecule has 7 nitrogen and oxygen atoms in total. The van der Waals surface area contributed by atoms with Gasteiger partial charge in [0.05, 0.1) is 55.8 Å². The lowest BCUT2D eigenvalue weighted by molar-refractivity contribution is 0.483. The molecule has 0 unspecified atom stereocenters. The maximum Gasteiger partial charge on any atom is 0.137 e. The van der Waals surface area contributed by atoms with E-state index >= 15 is 0 Å². The summed E-state index contributed by atoms with van der Waals surface area (Å²) in [6.45, 7) is 7.29. The number of para-hydroxylation sites is 7. The second kappa shape index (κ2) is 15.7. The van der Waals surface area contributed by atoms with Crippen molar-refractivity contribution in [2.45, 2.75) is 26.2 Å². The van der Waals surface area contributed by atoms with E-state index in [1.54, 1.807) is 0 Å². The van der Waals surface area contributed by atoms with Gasteiger partial charge in [-0.05, 0) is 108 Å². The number of aromatic nitrogens is 4. The van der Waals surface area contributed by atoms with E-state index in [1.807, 2.05) is 6.20 Å². The summed E-state index contributed by atoms with van der Waals surface area (Å²) in [4.78, 5) is 9.86. The predicted molar refractivity (Wildman–Crippen MR) is 294 cm³/mol. The fourth-order valence-electron chi connectivity index (χ4n) is 11.2. The van der Waals surface area contributed by atoms with Gasteiger partial charge in [-0.1, -0.05) is 130 Å². The first-order chi connectivity index (χ1) is 34.9. The van der Waals surface area contributed by atoms with Gasteiger partial charge < -0.3 is 23.7 Å². The zero-order valence-corrected chi connectivity index (χ0v) is 39.7. The van der Waals surface area contributed by atoms with Gasteiger partial charge >= 0.3 is 0 Å². The van der Waals surface area contributed by atoms with E-state index in [9.17, 15) is 0 Å². The first kappa shape index (κ1) is 40.9. The van der Waals surface area contributed by atoms with Crippen LogP contribution in [0.15, 0.2) is 225 Å². The Bertz CT molecular complexity index is 4190. The van der Waals surface area contributed by atoms with Crippen molar-refractivity contribution in [1.29, 1.82) is 0 Å². The lowest BCUT2D eigenvalue weighted by atomic mass is 9.88. The number of pyridine rings is 1. The van der Waals surface area contributed by atoms with E-state index < -0.39 is 0 Å². The van der Waals surface area contributed by atoms with E-state index in [0.717, 1.165) is 78.9 Å². The van der Waals surface area contributed by atoms with Crippen LogP contribution in [0.1, 0.15) is 26.3 Å². The lowest BCUT2D eigenvalue weighted by Gasteiger charge is -2.27. The summed E-state index contributed by atoms with van der Waals surface area (Å²) < 4.78 is 14.1. The number of benzene rings is 9. The minimum Gasteiger partial charge on any atom is -0.457 e. The van der Waals surface area contributed by atoms with E-state index in [2.05, 4.69) is 263 Å². The summed E-state index contributed by atoms with van der Waals surface area (Å²) >= 11 is 0. The van der Waals surface area contributed by atoms with Gasteiger partial charge in [-0.15, -0.1) is 0 Å². The highest BCUT2D eigenvalue weighted by Gasteiger charge is 2.33. The molecule has 0 saturated carbocycles. The number of ether oxygens (including phenoxy) is 1. The van der Waals surface area contributed by atoms with Crippen molar-refractivity contribution in [3.63, 3.8) is 0 Å². The summed E-state index contributed by atoms with van der Waals surface area (Å²) in [6.07, 6.45) is 1.93. The summed E-state index contributed by atoms with van der Waals surface area (Å²) in [5.41, 5.74) is 14.6. The second-order valence-electron chi connectivity index (χ2n) is 19.7. The van der Waals surface area contributed by atoms with Crippen LogP contribution < -0.4 is 14.5 Å². The molecule has 0 fully saturated rings. The molecule has 0 atom stereocenters. The van der Waals surface area contributed by atoms with Gasteiger partial charge in [0, 0.05) is 62.0 Å². The number of fused-ring (bicyclic) bond motifs is 10. The molecule has 7 heteroatoms. The number of rotatable bonds is 7. The fraction of sp³-hybridized carbons (Fsp3) is 0.0781. The van der Waals surface area contributed by atoms with Gasteiger partial charge in [0.25, 0.3) is 0 Å². The zero-order valence-electron chi connectivity index (χ0n) is 39.7. The molecule has 0 saturated heterocycles. The molecule has 340 valence electrons. The average Bonchev–Trinajstić information content (AvgIpc) is 4.15. The third-order valence-electron chi connectivity index (χ3n) is 14.5. The lowest BCUT2D eigenvalue weighted by Crippen LogP contribution is -2.25. The maximum atomic E-state index is 6.88. The smallest absolute Gasteiger partial charge is 0.137 e. The van der Waals surface area contributed by atoms with Crippen molar-refractivity contribution >= 4 is 88.2 Å². The molecule has 9 aromatic carbocycles. The van der Waals surface area contributed by atoms with Crippen molar-refractivity contribution in [3.8, 4) is 28.7 Å². The van der Waals surface area contributed by atoms with Crippen molar-refractivity contribution < 1.29 is 4.74 Å². The molecule has 1 aliphatic heterocycles. The second-order valence-corrected chi connectivity index (χ2v) is 19.7. The molecule has 0 aliphatic carbocycles. The Kier molecular flexibility index (Phi) is 9.08. The topological polar surface area (TPSA) is 43.4 Å². The normalized spacial score (nSPS) is 12.9. The van der Waals surface area contributed by atoms with Crippen LogP contribution in [0.2, 0.25) is 0 Å². The molecule has 4 aromatic heterocycles. The third-order valence-corrected chi connectivity index (χ3v) is 14.5. The van der Waals surface area contributed by atoms with Crippen molar-refractivity contribution in [2.24, 2.45) is 0 Å². The minimum absolute atomic E-state index is 0.0211. The predicted octanol–water partition coefficient (Wildman–Crippen LogP) is 16.7. The Balaban J connectivity index is 0.925. The van der Waals surface area contributed by atoms with Crippen molar-refractivity contribution in [1.82, 2.24) is 18.7 Å². The summed E-state index contributed by atoms with van der Waals surface area (Å²) in [5, 5.41) is 7.19. The van der Waals surface area contributed by atoms with Crippen LogP contribution in [-0.4, -0.2) is 25.4 Å². The summed E-state index contributed by atoms with van der Waals surface area (Å²) in [7, 11) is 0. The Morgan fingerprint density at radius 1 is 0.394 bits per heavy atom. The Labute approximate surface area is 411 Å². The van der Waals surface area contributed by atoms with Crippen LogP contribution >= 0.6 is 0 Å². The number of nitrogens with zero attached hydrogens (tertiary/aromatic N) is 6. The number of hydrogen-bond acceptors (Lipinski definition) is 4.